The van der Waals surface area contributed by atoms with Crippen molar-refractivity contribution in [3.8, 4) is 0 Å². The number of hydrogen-bond acceptors (Lipinski definition) is 3. The largest absolute Gasteiger partial charge is 0.341 e. The van der Waals surface area contributed by atoms with Crippen LogP contribution in [0.2, 0.25) is 5.02 Å². The van der Waals surface area contributed by atoms with Crippen LogP contribution in [0.4, 0.5) is 0 Å². The van der Waals surface area contributed by atoms with Gasteiger partial charge in [-0.3, -0.25) is 4.79 Å². The number of sulfonamides is 1. The summed E-state index contributed by atoms with van der Waals surface area (Å²) in [6.45, 7) is 1.11. The van der Waals surface area contributed by atoms with Gasteiger partial charge in [0.2, 0.25) is 15.9 Å². The van der Waals surface area contributed by atoms with Gasteiger partial charge >= 0.3 is 0 Å². The second-order valence-electron chi connectivity index (χ2n) is 6.84. The fourth-order valence-corrected chi connectivity index (χ4v) is 5.16. The molecule has 1 saturated heterocycles. The van der Waals surface area contributed by atoms with Gasteiger partial charge in [0.15, 0.2) is 0 Å². The summed E-state index contributed by atoms with van der Waals surface area (Å²) in [5, 5.41) is 0.631. The van der Waals surface area contributed by atoms with Gasteiger partial charge in [-0.05, 0) is 42.7 Å². The molecule has 0 aromatic heterocycles. The summed E-state index contributed by atoms with van der Waals surface area (Å²) in [5.74, 6) is -0.371. The first-order chi connectivity index (χ1) is 12.9. The van der Waals surface area contributed by atoms with Crippen LogP contribution in [0.3, 0.4) is 0 Å². The molecule has 0 spiro atoms. The quantitative estimate of drug-likeness (QED) is 0.764. The number of carbonyl (C=O) groups excluding carboxylic acids is 1. The van der Waals surface area contributed by atoms with E-state index in [4.69, 9.17) is 11.6 Å². The van der Waals surface area contributed by atoms with Gasteiger partial charge in [-0.25, -0.2) is 8.42 Å². The first-order valence-corrected chi connectivity index (χ1v) is 10.7. The van der Waals surface area contributed by atoms with E-state index in [1.54, 1.807) is 48.3 Å². The molecule has 7 heteroatoms. The molecule has 3 rings (SSSR count). The third kappa shape index (κ3) is 4.69. The Kier molecular flexibility index (Phi) is 6.19. The highest BCUT2D eigenvalue weighted by Gasteiger charge is 2.34. The highest BCUT2D eigenvalue weighted by Crippen LogP contribution is 2.25. The van der Waals surface area contributed by atoms with E-state index >= 15 is 0 Å². The normalized spacial score (nSPS) is 18.2. The van der Waals surface area contributed by atoms with Gasteiger partial charge < -0.3 is 4.90 Å². The van der Waals surface area contributed by atoms with Crippen molar-refractivity contribution in [2.24, 2.45) is 5.92 Å². The summed E-state index contributed by atoms with van der Waals surface area (Å²) in [5.41, 5.74) is 0.947. The summed E-state index contributed by atoms with van der Waals surface area (Å²) in [6.07, 6.45) is 1.37. The van der Waals surface area contributed by atoms with Gasteiger partial charge in [-0.15, -0.1) is 0 Å². The molecule has 5 nitrogen and oxygen atoms in total. The van der Waals surface area contributed by atoms with E-state index in [1.165, 1.54) is 4.31 Å². The van der Waals surface area contributed by atoms with Crippen molar-refractivity contribution >= 4 is 27.5 Å². The summed E-state index contributed by atoms with van der Waals surface area (Å²) < 4.78 is 27.1. The van der Waals surface area contributed by atoms with Gasteiger partial charge in [0, 0.05) is 31.7 Å². The molecule has 1 unspecified atom stereocenters. The van der Waals surface area contributed by atoms with Gasteiger partial charge in [-0.2, -0.15) is 4.31 Å². The van der Waals surface area contributed by atoms with Crippen molar-refractivity contribution in [3.63, 3.8) is 0 Å². The molecule has 1 amide bonds. The monoisotopic (exact) mass is 406 g/mol. The van der Waals surface area contributed by atoms with E-state index in [1.807, 2.05) is 18.2 Å². The minimum Gasteiger partial charge on any atom is -0.341 e. The van der Waals surface area contributed by atoms with Crippen molar-refractivity contribution in [1.29, 1.82) is 0 Å². The van der Waals surface area contributed by atoms with Crippen LogP contribution in [0.1, 0.15) is 18.4 Å². The van der Waals surface area contributed by atoms with E-state index in [-0.39, 0.29) is 23.3 Å². The van der Waals surface area contributed by atoms with Crippen LogP contribution in [-0.4, -0.2) is 43.7 Å². The zero-order chi connectivity index (χ0) is 19.4. The zero-order valence-electron chi connectivity index (χ0n) is 15.2. The number of halogens is 1. The molecule has 144 valence electrons. The second-order valence-corrected chi connectivity index (χ2v) is 9.21. The Morgan fingerprint density at radius 1 is 1.19 bits per heavy atom. The Balaban J connectivity index is 1.69. The zero-order valence-corrected chi connectivity index (χ0v) is 16.8. The molecule has 0 bridgehead atoms. The lowest BCUT2D eigenvalue weighted by Crippen LogP contribution is -2.45. The molecule has 1 aliphatic heterocycles. The topological polar surface area (TPSA) is 57.7 Å². The Bertz CT molecular complexity index is 902. The van der Waals surface area contributed by atoms with Crippen molar-refractivity contribution in [2.45, 2.75) is 24.3 Å². The standard InChI is InChI=1S/C20H23ClN2O3S/c1-22(14-16-7-5-9-18(21)13-16)20(24)17-8-6-12-23(15-17)27(25,26)19-10-3-2-4-11-19/h2-5,7,9-11,13,17H,6,8,12,14-15H2,1H3. The number of hydrogen-bond donors (Lipinski definition) is 0. The number of benzene rings is 2. The average molecular weight is 407 g/mol. The molecule has 1 fully saturated rings. The van der Waals surface area contributed by atoms with E-state index < -0.39 is 10.0 Å². The highest BCUT2D eigenvalue weighted by atomic mass is 35.5. The van der Waals surface area contributed by atoms with Gasteiger partial charge in [-0.1, -0.05) is 41.9 Å². The maximum atomic E-state index is 12.9. The predicted molar refractivity (Wildman–Crippen MR) is 106 cm³/mol. The molecule has 0 aliphatic carbocycles. The lowest BCUT2D eigenvalue weighted by molar-refractivity contribution is -0.135. The fourth-order valence-electron chi connectivity index (χ4n) is 3.40. The van der Waals surface area contributed by atoms with Crippen molar-refractivity contribution in [2.75, 3.05) is 20.1 Å². The molecule has 0 N–H and O–H groups in total. The third-order valence-corrected chi connectivity index (χ3v) is 6.91. The first kappa shape index (κ1) is 19.9. The Labute approximate surface area is 165 Å². The van der Waals surface area contributed by atoms with Gasteiger partial charge in [0.25, 0.3) is 0 Å². The summed E-state index contributed by atoms with van der Waals surface area (Å²) >= 11 is 6.01. The smallest absolute Gasteiger partial charge is 0.243 e. The molecule has 2 aromatic carbocycles. The van der Waals surface area contributed by atoms with E-state index in [0.717, 1.165) is 5.56 Å². The van der Waals surface area contributed by atoms with Crippen LogP contribution in [0.25, 0.3) is 0 Å². The van der Waals surface area contributed by atoms with Crippen LogP contribution in [0, 0.1) is 5.92 Å². The average Bonchev–Trinajstić information content (AvgIpc) is 2.68. The molecule has 0 saturated carbocycles. The molecule has 1 aliphatic rings. The number of piperidine rings is 1. The van der Waals surface area contributed by atoms with Gasteiger partial charge in [0.05, 0.1) is 10.8 Å². The Morgan fingerprint density at radius 3 is 2.63 bits per heavy atom. The van der Waals surface area contributed by atoms with Crippen LogP contribution in [-0.2, 0) is 21.4 Å². The lowest BCUT2D eigenvalue weighted by Gasteiger charge is -2.33. The van der Waals surface area contributed by atoms with E-state index in [9.17, 15) is 13.2 Å². The first-order valence-electron chi connectivity index (χ1n) is 8.92. The second kappa shape index (κ2) is 8.42. The summed E-state index contributed by atoms with van der Waals surface area (Å²) in [4.78, 5) is 14.8. The molecule has 0 radical (unpaired) electrons. The lowest BCUT2D eigenvalue weighted by atomic mass is 9.98. The molecule has 1 heterocycles. The Hall–Kier alpha value is -1.89. The van der Waals surface area contributed by atoms with Crippen molar-refractivity contribution in [1.82, 2.24) is 9.21 Å². The number of carbonyl (C=O) groups is 1. The minimum atomic E-state index is -3.57. The maximum absolute atomic E-state index is 12.9. The highest BCUT2D eigenvalue weighted by molar-refractivity contribution is 7.89. The fraction of sp³-hybridized carbons (Fsp3) is 0.350. The molecular formula is C20H23ClN2O3S. The molecule has 27 heavy (non-hydrogen) atoms. The summed E-state index contributed by atoms with van der Waals surface area (Å²) in [7, 11) is -1.83. The van der Waals surface area contributed by atoms with Gasteiger partial charge in [0.1, 0.15) is 0 Å². The number of amides is 1. The summed E-state index contributed by atoms with van der Waals surface area (Å²) in [6, 6.07) is 15.8. The van der Waals surface area contributed by atoms with E-state index in [2.05, 4.69) is 0 Å². The third-order valence-electron chi connectivity index (χ3n) is 4.80. The SMILES string of the molecule is CN(Cc1cccc(Cl)c1)C(=O)C1CCCN(S(=O)(=O)c2ccccc2)C1. The molecular weight excluding hydrogens is 384 g/mol. The van der Waals surface area contributed by atoms with Crippen LogP contribution >= 0.6 is 11.6 Å². The number of nitrogens with zero attached hydrogens (tertiary/aromatic N) is 2. The van der Waals surface area contributed by atoms with Crippen LogP contribution < -0.4 is 0 Å². The number of rotatable bonds is 5. The van der Waals surface area contributed by atoms with Crippen molar-refractivity contribution in [3.05, 3.63) is 65.2 Å². The molecule has 2 aromatic rings. The van der Waals surface area contributed by atoms with Crippen LogP contribution in [0.15, 0.2) is 59.5 Å². The van der Waals surface area contributed by atoms with E-state index in [0.29, 0.717) is 31.0 Å². The predicted octanol–water partition coefficient (Wildman–Crippen LogP) is 3.40. The Morgan fingerprint density at radius 2 is 1.93 bits per heavy atom. The minimum absolute atomic E-state index is 0.0389. The molecule has 1 atom stereocenters. The maximum Gasteiger partial charge on any atom is 0.243 e. The van der Waals surface area contributed by atoms with Crippen LogP contribution in [0.5, 0.6) is 0 Å². The van der Waals surface area contributed by atoms with Crippen molar-refractivity contribution < 1.29 is 13.2 Å².